The third-order valence-corrected chi connectivity index (χ3v) is 7.17. The zero-order valence-corrected chi connectivity index (χ0v) is 22.7. The van der Waals surface area contributed by atoms with Gasteiger partial charge in [-0.1, -0.05) is 11.3 Å². The van der Waals surface area contributed by atoms with Gasteiger partial charge in [0.2, 0.25) is 0 Å². The second-order valence-corrected chi connectivity index (χ2v) is 11.6. The van der Waals surface area contributed by atoms with E-state index >= 15 is 0 Å². The molecule has 36 heavy (non-hydrogen) atoms. The predicted octanol–water partition coefficient (Wildman–Crippen LogP) is 6.99. The van der Waals surface area contributed by atoms with Crippen molar-refractivity contribution in [3.8, 4) is 22.1 Å². The zero-order valence-electron chi connectivity index (χ0n) is 21.9. The molecule has 0 aliphatic carbocycles. The van der Waals surface area contributed by atoms with Crippen LogP contribution in [0, 0.1) is 6.92 Å². The predicted molar refractivity (Wildman–Crippen MR) is 144 cm³/mol. The molecular weight excluding hydrogens is 472 g/mol. The van der Waals surface area contributed by atoms with Gasteiger partial charge in [-0.25, -0.2) is 4.98 Å². The quantitative estimate of drug-likeness (QED) is 0.282. The van der Waals surface area contributed by atoms with E-state index in [-0.39, 0.29) is 11.9 Å². The summed E-state index contributed by atoms with van der Waals surface area (Å²) < 4.78 is 19.3. The molecule has 0 saturated heterocycles. The first kappa shape index (κ1) is 24.7. The van der Waals surface area contributed by atoms with Gasteiger partial charge in [0.15, 0.2) is 5.78 Å². The summed E-state index contributed by atoms with van der Waals surface area (Å²) >= 11 is 1.49. The highest BCUT2D eigenvalue weighted by Gasteiger charge is 2.32. The second kappa shape index (κ2) is 9.12. The van der Waals surface area contributed by atoms with Gasteiger partial charge in [-0.3, -0.25) is 9.78 Å². The summed E-state index contributed by atoms with van der Waals surface area (Å²) in [6.45, 7) is 14.2. The lowest BCUT2D eigenvalue weighted by Gasteiger charge is -2.29. The highest BCUT2D eigenvalue weighted by Crippen LogP contribution is 2.47. The molecule has 5 rings (SSSR count). The Bertz CT molecular complexity index is 1470. The maximum atomic E-state index is 13.1. The number of hydrogen-bond acceptors (Lipinski definition) is 7. The van der Waals surface area contributed by atoms with E-state index in [2.05, 4.69) is 12.1 Å². The van der Waals surface area contributed by atoms with E-state index in [1.165, 1.54) is 16.9 Å². The van der Waals surface area contributed by atoms with Crippen LogP contribution in [-0.2, 0) is 16.0 Å². The summed E-state index contributed by atoms with van der Waals surface area (Å²) in [7, 11) is 0. The Morgan fingerprint density at radius 3 is 2.67 bits per heavy atom. The number of fused-ring (bicyclic) bond motifs is 1. The molecule has 2 aromatic carbocycles. The molecule has 4 aromatic rings. The average Bonchev–Trinajstić information content (AvgIpc) is 3.18. The van der Waals surface area contributed by atoms with E-state index in [9.17, 15) is 4.79 Å². The topological polar surface area (TPSA) is 70.5 Å². The summed E-state index contributed by atoms with van der Waals surface area (Å²) in [5, 5.41) is 1.63. The molecule has 2 aromatic heterocycles. The molecule has 1 atom stereocenters. The van der Waals surface area contributed by atoms with Gasteiger partial charge in [0, 0.05) is 34.7 Å². The minimum Gasteiger partial charge on any atom is -0.493 e. The number of thiazole rings is 1. The molecule has 0 N–H and O–H groups in total. The van der Waals surface area contributed by atoms with Gasteiger partial charge in [-0.05, 0) is 83.9 Å². The summed E-state index contributed by atoms with van der Waals surface area (Å²) in [5.74, 6) is 0.798. The van der Waals surface area contributed by atoms with Crippen LogP contribution in [0.2, 0.25) is 0 Å². The zero-order chi connectivity index (χ0) is 25.8. The molecular formula is C29H32N2O4S. The molecule has 6 nitrogen and oxygen atoms in total. The van der Waals surface area contributed by atoms with Crippen molar-refractivity contribution in [2.45, 2.75) is 72.7 Å². The van der Waals surface area contributed by atoms with Crippen LogP contribution in [-0.4, -0.2) is 34.1 Å². The van der Waals surface area contributed by atoms with Crippen LogP contribution in [0.1, 0.15) is 64.3 Å². The Labute approximate surface area is 215 Å². The number of pyridine rings is 1. The van der Waals surface area contributed by atoms with Crippen molar-refractivity contribution >= 4 is 38.2 Å². The van der Waals surface area contributed by atoms with Gasteiger partial charge in [0.1, 0.15) is 11.9 Å². The van der Waals surface area contributed by atoms with Gasteiger partial charge in [-0.2, -0.15) is 0 Å². The molecule has 0 unspecified atom stereocenters. The molecule has 0 fully saturated rings. The van der Waals surface area contributed by atoms with Crippen LogP contribution < -0.4 is 9.47 Å². The summed E-state index contributed by atoms with van der Waals surface area (Å²) in [6, 6.07) is 8.16. The fourth-order valence-corrected chi connectivity index (χ4v) is 5.94. The van der Waals surface area contributed by atoms with E-state index in [4.69, 9.17) is 24.2 Å². The number of nitrogens with zero attached hydrogens (tertiary/aromatic N) is 2. The third-order valence-electron chi connectivity index (χ3n) is 6.19. The van der Waals surface area contributed by atoms with E-state index < -0.39 is 11.7 Å². The van der Waals surface area contributed by atoms with Crippen molar-refractivity contribution in [2.24, 2.45) is 0 Å². The Morgan fingerprint density at radius 2 is 1.97 bits per heavy atom. The first-order chi connectivity index (χ1) is 17.0. The first-order valence-corrected chi connectivity index (χ1v) is 13.2. The lowest BCUT2D eigenvalue weighted by molar-refractivity contribution is -0.138. The normalized spacial score (nSPS) is 14.3. The number of benzene rings is 2. The Balaban J connectivity index is 1.88. The van der Waals surface area contributed by atoms with Crippen LogP contribution in [0.4, 0.5) is 0 Å². The molecule has 0 spiro atoms. The van der Waals surface area contributed by atoms with Gasteiger partial charge in [-0.15, -0.1) is 0 Å². The number of carbonyl (C=O) groups is 1. The monoisotopic (exact) mass is 504 g/mol. The van der Waals surface area contributed by atoms with Gasteiger partial charge >= 0.3 is 0 Å². The van der Waals surface area contributed by atoms with Crippen molar-refractivity contribution in [3.63, 3.8) is 0 Å². The fraction of sp³-hybridized carbons (Fsp3) is 0.414. The Morgan fingerprint density at radius 1 is 1.19 bits per heavy atom. The van der Waals surface area contributed by atoms with Crippen molar-refractivity contribution in [3.05, 3.63) is 47.2 Å². The van der Waals surface area contributed by atoms with E-state index in [1.54, 1.807) is 6.92 Å². The van der Waals surface area contributed by atoms with Crippen LogP contribution in [0.25, 0.3) is 32.2 Å². The molecule has 7 heteroatoms. The number of rotatable bonds is 6. The van der Waals surface area contributed by atoms with Crippen molar-refractivity contribution in [2.75, 3.05) is 6.61 Å². The van der Waals surface area contributed by atoms with Crippen LogP contribution in [0.15, 0.2) is 30.5 Å². The van der Waals surface area contributed by atoms with Crippen LogP contribution in [0.5, 0.6) is 10.9 Å². The molecule has 0 saturated carbocycles. The molecule has 0 bridgehead atoms. The lowest BCUT2D eigenvalue weighted by Crippen LogP contribution is -2.27. The summed E-state index contributed by atoms with van der Waals surface area (Å²) in [5.41, 5.74) is 6.05. The fourth-order valence-electron chi connectivity index (χ4n) is 4.85. The third kappa shape index (κ3) is 4.46. The maximum absolute atomic E-state index is 13.1. The minimum absolute atomic E-state index is 0.00289. The lowest BCUT2D eigenvalue weighted by atomic mass is 9.88. The first-order valence-electron chi connectivity index (χ1n) is 12.4. The number of aryl methyl sites for hydroxylation is 1. The molecule has 1 aliphatic rings. The van der Waals surface area contributed by atoms with E-state index in [0.29, 0.717) is 11.8 Å². The Hall–Kier alpha value is -3.03. The van der Waals surface area contributed by atoms with Crippen LogP contribution >= 0.6 is 11.3 Å². The second-order valence-electron chi connectivity index (χ2n) is 10.6. The number of ether oxygens (including phenoxy) is 3. The van der Waals surface area contributed by atoms with Crippen molar-refractivity contribution in [1.82, 2.24) is 9.97 Å². The van der Waals surface area contributed by atoms with Gasteiger partial charge < -0.3 is 14.2 Å². The maximum Gasteiger partial charge on any atom is 0.274 e. The average molecular weight is 505 g/mol. The van der Waals surface area contributed by atoms with Gasteiger partial charge in [0.25, 0.3) is 5.19 Å². The number of carbonyl (C=O) groups excluding carboxylic acids is 1. The number of ketones is 1. The smallest absolute Gasteiger partial charge is 0.274 e. The molecule has 3 heterocycles. The van der Waals surface area contributed by atoms with Crippen molar-refractivity contribution in [1.29, 1.82) is 0 Å². The van der Waals surface area contributed by atoms with E-state index in [0.717, 1.165) is 55.5 Å². The van der Waals surface area contributed by atoms with Crippen molar-refractivity contribution < 1.29 is 19.0 Å². The highest BCUT2D eigenvalue weighted by molar-refractivity contribution is 7.20. The van der Waals surface area contributed by atoms with Crippen LogP contribution in [0.3, 0.4) is 0 Å². The standard InChI is InChI=1S/C29H32N2O4S/c1-15(2)34-28-31-20-14-16(3)22(26(17(4)32)35-29(5,6)7)24(27(20)36-28)19-8-9-21-23-18(11-13-33-21)10-12-30-25(19)23/h8-10,12,14-15,26H,11,13H2,1-7H3/t26-/m1/s1. The molecule has 0 radical (unpaired) electrons. The van der Waals surface area contributed by atoms with E-state index in [1.807, 2.05) is 59.9 Å². The summed E-state index contributed by atoms with van der Waals surface area (Å²) in [4.78, 5) is 22.7. The SMILES string of the molecule is CC(=O)[C@@H](OC(C)(C)C)c1c(C)cc2nc(OC(C)C)sc2c1-c1ccc2c3c(ccnc13)CCO2. The number of Topliss-reactive ketones (excluding diaryl/α,β-unsaturated/α-hetero) is 1. The number of hydrogen-bond donors (Lipinski definition) is 0. The number of aromatic nitrogens is 2. The Kier molecular flexibility index (Phi) is 6.25. The molecule has 188 valence electrons. The molecule has 0 amide bonds. The highest BCUT2D eigenvalue weighted by atomic mass is 32.1. The summed E-state index contributed by atoms with van der Waals surface area (Å²) in [6.07, 6.45) is 1.96. The largest absolute Gasteiger partial charge is 0.493 e. The van der Waals surface area contributed by atoms with Gasteiger partial charge in [0.05, 0.1) is 34.0 Å². The minimum atomic E-state index is -0.733. The molecule has 1 aliphatic heterocycles.